The van der Waals surface area contributed by atoms with Crippen molar-refractivity contribution in [3.05, 3.63) is 57.8 Å². The fourth-order valence-corrected chi connectivity index (χ4v) is 5.05. The minimum absolute atomic E-state index is 0.151. The van der Waals surface area contributed by atoms with Gasteiger partial charge in [-0.15, -0.1) is 0 Å². The number of imidazole rings is 1. The Kier molecular flexibility index (Phi) is 3.55. The van der Waals surface area contributed by atoms with Crippen molar-refractivity contribution in [1.82, 2.24) is 8.96 Å². The van der Waals surface area contributed by atoms with Gasteiger partial charge in [-0.2, -0.15) is 0 Å². The van der Waals surface area contributed by atoms with Crippen LogP contribution in [0.3, 0.4) is 0 Å². The van der Waals surface area contributed by atoms with E-state index in [2.05, 4.69) is 20.9 Å². The van der Waals surface area contributed by atoms with Crippen LogP contribution in [0.4, 0.5) is 0 Å². The maximum Gasteiger partial charge on any atom is 0.270 e. The van der Waals surface area contributed by atoms with Crippen LogP contribution in [0.25, 0.3) is 11.0 Å². The van der Waals surface area contributed by atoms with Crippen molar-refractivity contribution >= 4 is 48.6 Å². The van der Waals surface area contributed by atoms with Gasteiger partial charge in [-0.3, -0.25) is 0 Å². The summed E-state index contributed by atoms with van der Waals surface area (Å²) in [5.41, 5.74) is 1.19. The van der Waals surface area contributed by atoms with Gasteiger partial charge in [-0.05, 0) is 53.2 Å². The molecule has 0 fully saturated rings. The predicted octanol–water partition coefficient (Wildman–Crippen LogP) is 4.00. The van der Waals surface area contributed by atoms with Gasteiger partial charge >= 0.3 is 0 Å². The molecule has 0 radical (unpaired) electrons. The van der Waals surface area contributed by atoms with Crippen LogP contribution in [-0.2, 0) is 10.0 Å². The number of aryl methyl sites for hydroxylation is 1. The normalized spacial score (nSPS) is 12.0. The second kappa shape index (κ2) is 5.12. The summed E-state index contributed by atoms with van der Waals surface area (Å²) >= 11 is 9.13. The lowest BCUT2D eigenvalue weighted by atomic mass is 10.3. The highest BCUT2D eigenvalue weighted by Gasteiger charge is 2.24. The molecule has 1 aromatic heterocycles. The Morgan fingerprint density at radius 1 is 1.19 bits per heavy atom. The summed E-state index contributed by atoms with van der Waals surface area (Å²) < 4.78 is 27.5. The lowest BCUT2D eigenvalue weighted by Crippen LogP contribution is -2.15. The molecule has 3 rings (SSSR count). The van der Waals surface area contributed by atoms with Crippen molar-refractivity contribution in [3.63, 3.8) is 0 Å². The van der Waals surface area contributed by atoms with E-state index in [0.29, 0.717) is 26.4 Å². The Morgan fingerprint density at radius 2 is 1.90 bits per heavy atom. The first-order valence-electron chi connectivity index (χ1n) is 6.06. The summed E-state index contributed by atoms with van der Waals surface area (Å²) in [5, 5.41) is 0.466. The minimum atomic E-state index is -3.75. The molecule has 0 amide bonds. The maximum atomic E-state index is 12.9. The van der Waals surface area contributed by atoms with Gasteiger partial charge in [-0.1, -0.05) is 23.7 Å². The third-order valence-corrected chi connectivity index (χ3v) is 6.10. The Labute approximate surface area is 135 Å². The first kappa shape index (κ1) is 14.6. The highest BCUT2D eigenvalue weighted by atomic mass is 79.9. The van der Waals surface area contributed by atoms with Crippen LogP contribution in [0.2, 0.25) is 5.02 Å². The van der Waals surface area contributed by atoms with E-state index in [-0.39, 0.29) is 4.90 Å². The molecule has 0 saturated heterocycles. The van der Waals surface area contributed by atoms with Crippen LogP contribution in [-0.4, -0.2) is 17.4 Å². The molecule has 1 heterocycles. The first-order chi connectivity index (χ1) is 9.91. The summed E-state index contributed by atoms with van der Waals surface area (Å²) in [6.07, 6.45) is 0. The molecular formula is C14H10BrClN2O2S. The van der Waals surface area contributed by atoms with Gasteiger partial charge in [-0.25, -0.2) is 17.4 Å². The number of fused-ring (bicyclic) bond motifs is 1. The Morgan fingerprint density at radius 3 is 2.62 bits per heavy atom. The number of halogens is 2. The Bertz CT molecular complexity index is 951. The molecule has 0 unspecified atom stereocenters. The van der Waals surface area contributed by atoms with Gasteiger partial charge in [0.25, 0.3) is 10.0 Å². The highest BCUT2D eigenvalue weighted by molar-refractivity contribution is 9.10. The Hall–Kier alpha value is -1.37. The molecule has 108 valence electrons. The van der Waals surface area contributed by atoms with Crippen LogP contribution in [0.1, 0.15) is 5.82 Å². The van der Waals surface area contributed by atoms with E-state index in [1.807, 2.05) is 6.07 Å². The zero-order chi connectivity index (χ0) is 15.2. The number of para-hydroxylation sites is 2. The fourth-order valence-electron chi connectivity index (χ4n) is 2.21. The number of hydrogen-bond acceptors (Lipinski definition) is 3. The largest absolute Gasteiger partial charge is 0.270 e. The highest BCUT2D eigenvalue weighted by Crippen LogP contribution is 2.29. The monoisotopic (exact) mass is 384 g/mol. The molecule has 0 aliphatic heterocycles. The van der Waals surface area contributed by atoms with Crippen LogP contribution in [0.15, 0.2) is 51.8 Å². The quantitative estimate of drug-likeness (QED) is 0.670. The van der Waals surface area contributed by atoms with Gasteiger partial charge in [0.1, 0.15) is 10.7 Å². The van der Waals surface area contributed by atoms with Gasteiger partial charge in [0, 0.05) is 9.50 Å². The number of nitrogens with zero attached hydrogens (tertiary/aromatic N) is 2. The zero-order valence-corrected chi connectivity index (χ0v) is 14.1. The van der Waals surface area contributed by atoms with Gasteiger partial charge in [0.2, 0.25) is 0 Å². The molecular weight excluding hydrogens is 376 g/mol. The zero-order valence-electron chi connectivity index (χ0n) is 10.9. The van der Waals surface area contributed by atoms with Crippen molar-refractivity contribution < 1.29 is 8.42 Å². The summed E-state index contributed by atoms with van der Waals surface area (Å²) in [6.45, 7) is 1.67. The lowest BCUT2D eigenvalue weighted by molar-refractivity contribution is 0.587. The lowest BCUT2D eigenvalue weighted by Gasteiger charge is -2.10. The van der Waals surface area contributed by atoms with E-state index in [9.17, 15) is 8.42 Å². The summed E-state index contributed by atoms with van der Waals surface area (Å²) in [5.74, 6) is 0.415. The maximum absolute atomic E-state index is 12.9. The molecule has 7 heteroatoms. The number of aromatic nitrogens is 2. The molecule has 21 heavy (non-hydrogen) atoms. The SMILES string of the molecule is Cc1nc2ccccc2n1S(=O)(=O)c1ccc(Cl)cc1Br. The van der Waals surface area contributed by atoms with Gasteiger partial charge in [0.15, 0.2) is 0 Å². The van der Waals surface area contributed by atoms with E-state index in [0.717, 1.165) is 0 Å². The second-order valence-corrected chi connectivity index (χ2v) is 7.54. The first-order valence-corrected chi connectivity index (χ1v) is 8.67. The molecule has 0 spiro atoms. The van der Waals surface area contributed by atoms with E-state index < -0.39 is 10.0 Å². The molecule has 2 aromatic carbocycles. The number of hydrogen-bond donors (Lipinski definition) is 0. The molecule has 0 N–H and O–H groups in total. The molecule has 4 nitrogen and oxygen atoms in total. The summed E-state index contributed by atoms with van der Waals surface area (Å²) in [4.78, 5) is 4.45. The standard InChI is InChI=1S/C14H10BrClN2O2S/c1-9-17-12-4-2-3-5-13(12)18(9)21(19,20)14-7-6-10(16)8-11(14)15/h2-8H,1H3. The average Bonchev–Trinajstić information content (AvgIpc) is 2.74. The molecule has 0 atom stereocenters. The molecule has 0 aliphatic rings. The van der Waals surface area contributed by atoms with Gasteiger partial charge in [0.05, 0.1) is 11.0 Å². The number of rotatable bonds is 2. The topological polar surface area (TPSA) is 52.0 Å². The van der Waals surface area contributed by atoms with E-state index in [1.54, 1.807) is 37.3 Å². The fraction of sp³-hybridized carbons (Fsp3) is 0.0714. The summed E-state index contributed by atoms with van der Waals surface area (Å²) in [6, 6.07) is 11.7. The van der Waals surface area contributed by atoms with Crippen LogP contribution >= 0.6 is 27.5 Å². The molecule has 0 aliphatic carbocycles. The van der Waals surface area contributed by atoms with Crippen LogP contribution < -0.4 is 0 Å². The van der Waals surface area contributed by atoms with Crippen molar-refractivity contribution in [2.75, 3.05) is 0 Å². The van der Waals surface area contributed by atoms with E-state index >= 15 is 0 Å². The molecule has 0 saturated carbocycles. The second-order valence-electron chi connectivity index (χ2n) is 4.49. The summed E-state index contributed by atoms with van der Waals surface area (Å²) in [7, 11) is -3.75. The Balaban J connectivity index is 2.33. The van der Waals surface area contributed by atoms with E-state index in [4.69, 9.17) is 11.6 Å². The minimum Gasteiger partial charge on any atom is -0.232 e. The van der Waals surface area contributed by atoms with Crippen molar-refractivity contribution in [2.45, 2.75) is 11.8 Å². The van der Waals surface area contributed by atoms with Gasteiger partial charge < -0.3 is 0 Å². The van der Waals surface area contributed by atoms with Crippen molar-refractivity contribution in [2.24, 2.45) is 0 Å². The third kappa shape index (κ3) is 2.37. The van der Waals surface area contributed by atoms with Crippen LogP contribution in [0, 0.1) is 6.92 Å². The third-order valence-electron chi connectivity index (χ3n) is 3.09. The van der Waals surface area contributed by atoms with Crippen LogP contribution in [0.5, 0.6) is 0 Å². The predicted molar refractivity (Wildman–Crippen MR) is 86.2 cm³/mol. The molecule has 3 aromatic rings. The smallest absolute Gasteiger partial charge is 0.232 e. The average molecular weight is 386 g/mol. The molecule has 0 bridgehead atoms. The van der Waals surface area contributed by atoms with Crippen molar-refractivity contribution in [1.29, 1.82) is 0 Å². The number of benzene rings is 2. The van der Waals surface area contributed by atoms with E-state index in [1.165, 1.54) is 10.0 Å². The van der Waals surface area contributed by atoms with Crippen molar-refractivity contribution in [3.8, 4) is 0 Å².